The van der Waals surface area contributed by atoms with Gasteiger partial charge >= 0.3 is 0 Å². The van der Waals surface area contributed by atoms with Crippen molar-refractivity contribution in [2.45, 2.75) is 37.8 Å². The third-order valence-corrected chi connectivity index (χ3v) is 5.38. The standard InChI is InChI=1S/C19H24N2/c1-20-18-12-16-10-14-6-2-3-7-15(14)11-17(16)13-19(18)21-8-4-5-9-21/h2-3,6-7,10-11,18-20H,4-5,8-9,12-13H2,1H3/t18-,19-/m1/s1. The van der Waals surface area contributed by atoms with Crippen LogP contribution >= 0.6 is 0 Å². The number of nitrogens with one attached hydrogen (secondary N) is 1. The van der Waals surface area contributed by atoms with Crippen molar-refractivity contribution >= 4 is 10.8 Å². The Morgan fingerprint density at radius 2 is 1.57 bits per heavy atom. The fraction of sp³-hybridized carbons (Fsp3) is 0.474. The number of fused-ring (bicyclic) bond motifs is 2. The highest BCUT2D eigenvalue weighted by atomic mass is 15.2. The summed E-state index contributed by atoms with van der Waals surface area (Å²) in [6, 6.07) is 14.9. The molecule has 1 fully saturated rings. The van der Waals surface area contributed by atoms with Crippen molar-refractivity contribution in [1.82, 2.24) is 10.2 Å². The summed E-state index contributed by atoms with van der Waals surface area (Å²) in [5, 5.41) is 6.35. The molecule has 0 radical (unpaired) electrons. The van der Waals surface area contributed by atoms with Gasteiger partial charge in [0.2, 0.25) is 0 Å². The quantitative estimate of drug-likeness (QED) is 0.910. The Hall–Kier alpha value is -1.38. The van der Waals surface area contributed by atoms with Gasteiger partial charge in [-0.1, -0.05) is 36.4 Å². The van der Waals surface area contributed by atoms with Crippen LogP contribution < -0.4 is 5.32 Å². The zero-order valence-electron chi connectivity index (χ0n) is 12.8. The third-order valence-electron chi connectivity index (χ3n) is 5.38. The van der Waals surface area contributed by atoms with Gasteiger partial charge in [-0.2, -0.15) is 0 Å². The smallest absolute Gasteiger partial charge is 0.0292 e. The van der Waals surface area contributed by atoms with Gasteiger partial charge in [0, 0.05) is 12.1 Å². The Kier molecular flexibility index (Phi) is 3.44. The highest BCUT2D eigenvalue weighted by molar-refractivity contribution is 5.84. The largest absolute Gasteiger partial charge is 0.315 e. The molecule has 2 aliphatic rings. The lowest BCUT2D eigenvalue weighted by molar-refractivity contribution is 0.185. The lowest BCUT2D eigenvalue weighted by Gasteiger charge is -2.39. The van der Waals surface area contributed by atoms with Gasteiger partial charge in [0.15, 0.2) is 0 Å². The zero-order valence-corrected chi connectivity index (χ0v) is 12.8. The lowest BCUT2D eigenvalue weighted by atomic mass is 9.82. The molecule has 2 atom stereocenters. The van der Waals surface area contributed by atoms with E-state index in [0.29, 0.717) is 12.1 Å². The molecular formula is C19H24N2. The van der Waals surface area contributed by atoms with Crippen LogP contribution in [0.3, 0.4) is 0 Å². The Balaban J connectivity index is 1.72. The second kappa shape index (κ2) is 5.43. The molecule has 2 heteroatoms. The number of likely N-dealkylation sites (N-methyl/N-ethyl adjacent to an activating group) is 1. The summed E-state index contributed by atoms with van der Waals surface area (Å²) in [6.45, 7) is 2.57. The number of nitrogens with zero attached hydrogens (tertiary/aromatic N) is 1. The predicted molar refractivity (Wildman–Crippen MR) is 88.8 cm³/mol. The maximum Gasteiger partial charge on any atom is 0.0292 e. The number of hydrogen-bond acceptors (Lipinski definition) is 2. The van der Waals surface area contributed by atoms with Crippen molar-refractivity contribution in [3.63, 3.8) is 0 Å². The van der Waals surface area contributed by atoms with E-state index in [1.54, 1.807) is 11.1 Å². The normalized spacial score (nSPS) is 26.1. The maximum absolute atomic E-state index is 3.58. The SMILES string of the molecule is CN[C@@H]1Cc2cc3ccccc3cc2C[C@H]1N1CCCC1. The van der Waals surface area contributed by atoms with Gasteiger partial charge in [-0.15, -0.1) is 0 Å². The molecule has 0 saturated carbocycles. The predicted octanol–water partition coefficient (Wildman–Crippen LogP) is 2.99. The number of likely N-dealkylation sites (tertiary alicyclic amines) is 1. The molecule has 1 saturated heterocycles. The van der Waals surface area contributed by atoms with E-state index >= 15 is 0 Å². The maximum atomic E-state index is 3.58. The molecule has 0 amide bonds. The minimum absolute atomic E-state index is 0.594. The van der Waals surface area contributed by atoms with Gasteiger partial charge in [-0.3, -0.25) is 4.90 Å². The van der Waals surface area contributed by atoms with E-state index in [4.69, 9.17) is 0 Å². The second-order valence-electron chi connectivity index (χ2n) is 6.58. The van der Waals surface area contributed by atoms with Gasteiger partial charge in [0.25, 0.3) is 0 Å². The van der Waals surface area contributed by atoms with E-state index in [2.05, 4.69) is 53.7 Å². The van der Waals surface area contributed by atoms with Crippen LogP contribution in [-0.4, -0.2) is 37.1 Å². The Bertz CT molecular complexity index is 643. The van der Waals surface area contributed by atoms with Crippen molar-refractivity contribution in [3.05, 3.63) is 47.5 Å². The van der Waals surface area contributed by atoms with E-state index in [0.717, 1.165) is 6.42 Å². The molecule has 21 heavy (non-hydrogen) atoms. The van der Waals surface area contributed by atoms with Crippen molar-refractivity contribution in [2.75, 3.05) is 20.1 Å². The van der Waals surface area contributed by atoms with Gasteiger partial charge in [0.05, 0.1) is 0 Å². The van der Waals surface area contributed by atoms with Crippen molar-refractivity contribution in [3.8, 4) is 0 Å². The Labute approximate surface area is 127 Å². The zero-order chi connectivity index (χ0) is 14.2. The first-order valence-electron chi connectivity index (χ1n) is 8.27. The third kappa shape index (κ3) is 2.37. The van der Waals surface area contributed by atoms with Crippen LogP contribution in [0.2, 0.25) is 0 Å². The van der Waals surface area contributed by atoms with Crippen molar-refractivity contribution in [1.29, 1.82) is 0 Å². The number of benzene rings is 2. The fourth-order valence-electron chi connectivity index (χ4n) is 4.21. The lowest BCUT2D eigenvalue weighted by Crippen LogP contribution is -2.52. The first-order valence-corrected chi connectivity index (χ1v) is 8.27. The highest BCUT2D eigenvalue weighted by Gasteiger charge is 2.33. The highest BCUT2D eigenvalue weighted by Crippen LogP contribution is 2.30. The first kappa shape index (κ1) is 13.3. The summed E-state index contributed by atoms with van der Waals surface area (Å²) in [5.74, 6) is 0. The topological polar surface area (TPSA) is 15.3 Å². The van der Waals surface area contributed by atoms with E-state index in [-0.39, 0.29) is 0 Å². The van der Waals surface area contributed by atoms with Crippen LogP contribution in [0.1, 0.15) is 24.0 Å². The molecule has 2 nitrogen and oxygen atoms in total. The van der Waals surface area contributed by atoms with Crippen LogP contribution in [0.4, 0.5) is 0 Å². The molecular weight excluding hydrogens is 256 g/mol. The van der Waals surface area contributed by atoms with Crippen molar-refractivity contribution in [2.24, 2.45) is 0 Å². The Morgan fingerprint density at radius 1 is 0.952 bits per heavy atom. The molecule has 0 aromatic heterocycles. The van der Waals surface area contributed by atoms with Crippen LogP contribution in [-0.2, 0) is 12.8 Å². The minimum Gasteiger partial charge on any atom is -0.315 e. The molecule has 0 spiro atoms. The summed E-state index contributed by atoms with van der Waals surface area (Å²) in [6.07, 6.45) is 5.11. The van der Waals surface area contributed by atoms with Crippen LogP contribution in [0.25, 0.3) is 10.8 Å². The number of rotatable bonds is 2. The molecule has 0 unspecified atom stereocenters. The van der Waals surface area contributed by atoms with Gasteiger partial charge in [-0.25, -0.2) is 0 Å². The molecule has 1 heterocycles. The minimum atomic E-state index is 0.594. The second-order valence-corrected chi connectivity index (χ2v) is 6.58. The average Bonchev–Trinajstić information content (AvgIpc) is 3.05. The summed E-state index contributed by atoms with van der Waals surface area (Å²) in [4.78, 5) is 2.71. The Morgan fingerprint density at radius 3 is 2.19 bits per heavy atom. The summed E-state index contributed by atoms with van der Waals surface area (Å²) >= 11 is 0. The van der Waals surface area contributed by atoms with Crippen LogP contribution in [0.15, 0.2) is 36.4 Å². The van der Waals surface area contributed by atoms with Crippen LogP contribution in [0, 0.1) is 0 Å². The van der Waals surface area contributed by atoms with Crippen molar-refractivity contribution < 1.29 is 0 Å². The van der Waals surface area contributed by atoms with E-state index in [9.17, 15) is 0 Å². The summed E-state index contributed by atoms with van der Waals surface area (Å²) in [7, 11) is 2.12. The summed E-state index contributed by atoms with van der Waals surface area (Å²) in [5.41, 5.74) is 3.11. The molecule has 2 aromatic carbocycles. The molecule has 4 rings (SSSR count). The first-order chi connectivity index (χ1) is 10.3. The number of hydrogen-bond donors (Lipinski definition) is 1. The van der Waals surface area contributed by atoms with E-state index in [1.807, 2.05) is 0 Å². The fourth-order valence-corrected chi connectivity index (χ4v) is 4.21. The van der Waals surface area contributed by atoms with Crippen LogP contribution in [0.5, 0.6) is 0 Å². The molecule has 1 N–H and O–H groups in total. The van der Waals surface area contributed by atoms with E-state index in [1.165, 1.54) is 43.1 Å². The molecule has 0 bridgehead atoms. The van der Waals surface area contributed by atoms with Gasteiger partial charge < -0.3 is 5.32 Å². The molecule has 1 aliphatic carbocycles. The molecule has 2 aromatic rings. The summed E-state index contributed by atoms with van der Waals surface area (Å²) < 4.78 is 0. The van der Waals surface area contributed by atoms with Gasteiger partial charge in [0.1, 0.15) is 0 Å². The molecule has 110 valence electrons. The molecule has 1 aliphatic heterocycles. The van der Waals surface area contributed by atoms with Gasteiger partial charge in [-0.05, 0) is 67.7 Å². The monoisotopic (exact) mass is 280 g/mol. The van der Waals surface area contributed by atoms with E-state index < -0.39 is 0 Å². The average molecular weight is 280 g/mol.